The Morgan fingerprint density at radius 2 is 2.06 bits per heavy atom. The topological polar surface area (TPSA) is 86.5 Å². The van der Waals surface area contributed by atoms with Gasteiger partial charge in [0, 0.05) is 12.3 Å². The Labute approximate surface area is 109 Å². The average Bonchev–Trinajstić information content (AvgIpc) is 3.18. The highest BCUT2D eigenvalue weighted by Crippen LogP contribution is 2.48. The van der Waals surface area contributed by atoms with Crippen LogP contribution in [0.2, 0.25) is 0 Å². The van der Waals surface area contributed by atoms with Gasteiger partial charge in [0.2, 0.25) is 0 Å². The molecule has 0 heterocycles. The summed E-state index contributed by atoms with van der Waals surface area (Å²) in [4.78, 5) is 11.9. The van der Waals surface area contributed by atoms with E-state index >= 15 is 0 Å². The third kappa shape index (κ3) is 3.45. The number of ether oxygens (including phenoxy) is 1. The second-order valence-corrected chi connectivity index (χ2v) is 7.44. The van der Waals surface area contributed by atoms with Crippen LogP contribution in [0.1, 0.15) is 32.6 Å². The number of esters is 1. The smallest absolute Gasteiger partial charge is 0.313 e. The van der Waals surface area contributed by atoms with Crippen LogP contribution in [0.25, 0.3) is 0 Å². The molecule has 1 rings (SSSR count). The molecule has 0 aromatic rings. The van der Waals surface area contributed by atoms with E-state index in [0.29, 0.717) is 12.8 Å². The molecule has 0 saturated heterocycles. The fourth-order valence-electron chi connectivity index (χ4n) is 2.42. The summed E-state index contributed by atoms with van der Waals surface area (Å²) >= 11 is 0. The van der Waals surface area contributed by atoms with E-state index in [1.54, 1.807) is 6.92 Å². The first kappa shape index (κ1) is 15.4. The zero-order valence-electron chi connectivity index (χ0n) is 11.1. The average molecular weight is 277 g/mol. The van der Waals surface area contributed by atoms with E-state index in [9.17, 15) is 13.2 Å². The van der Waals surface area contributed by atoms with Crippen molar-refractivity contribution in [3.05, 3.63) is 0 Å². The summed E-state index contributed by atoms with van der Waals surface area (Å²) in [5.41, 5.74) is 5.09. The van der Waals surface area contributed by atoms with E-state index in [2.05, 4.69) is 0 Å². The number of hydrogen-bond donors (Lipinski definition) is 1. The number of nitrogens with two attached hydrogens (primary N) is 1. The normalized spacial score (nSPS) is 19.3. The summed E-state index contributed by atoms with van der Waals surface area (Å²) in [6, 6.07) is 0. The summed E-state index contributed by atoms with van der Waals surface area (Å²) in [5, 5.41) is 0. The summed E-state index contributed by atoms with van der Waals surface area (Å²) in [6.45, 7) is 1.86. The standard InChI is InChI=1S/C12H23NO4S/c1-3-18(15,16)8-4-7-12(9-13,10-5-6-10)11(14)17-2/h10H,3-9,13H2,1-2H3. The van der Waals surface area contributed by atoms with Crippen molar-refractivity contribution in [2.24, 2.45) is 17.1 Å². The molecule has 18 heavy (non-hydrogen) atoms. The minimum absolute atomic E-state index is 0.120. The van der Waals surface area contributed by atoms with Crippen LogP contribution in [0, 0.1) is 11.3 Å². The Hall–Kier alpha value is -0.620. The van der Waals surface area contributed by atoms with Gasteiger partial charge in [-0.3, -0.25) is 4.79 Å². The molecule has 0 aromatic carbocycles. The van der Waals surface area contributed by atoms with Crippen molar-refractivity contribution >= 4 is 15.8 Å². The van der Waals surface area contributed by atoms with Crippen LogP contribution >= 0.6 is 0 Å². The summed E-state index contributed by atoms with van der Waals surface area (Å²) < 4.78 is 27.8. The molecule has 6 heteroatoms. The predicted octanol–water partition coefficient (Wildman–Crippen LogP) is 0.729. The Balaban J connectivity index is 2.65. The molecule has 1 saturated carbocycles. The number of hydrogen-bond acceptors (Lipinski definition) is 5. The van der Waals surface area contributed by atoms with Gasteiger partial charge in [-0.15, -0.1) is 0 Å². The number of sulfone groups is 1. The first-order valence-corrected chi connectivity index (χ1v) is 8.23. The van der Waals surface area contributed by atoms with Crippen LogP contribution in [0.3, 0.4) is 0 Å². The number of rotatable bonds is 8. The Kier molecular flexibility index (Phi) is 5.16. The van der Waals surface area contributed by atoms with Gasteiger partial charge in [-0.1, -0.05) is 6.92 Å². The molecule has 1 fully saturated rings. The van der Waals surface area contributed by atoms with E-state index in [1.807, 2.05) is 0 Å². The highest BCUT2D eigenvalue weighted by atomic mass is 32.2. The van der Waals surface area contributed by atoms with Gasteiger partial charge in [-0.2, -0.15) is 0 Å². The molecule has 2 N–H and O–H groups in total. The second-order valence-electron chi connectivity index (χ2n) is 4.97. The van der Waals surface area contributed by atoms with Crippen LogP contribution in [-0.2, 0) is 19.4 Å². The van der Waals surface area contributed by atoms with Crippen LogP contribution in [0.15, 0.2) is 0 Å². The van der Waals surface area contributed by atoms with Crippen LogP contribution in [0.4, 0.5) is 0 Å². The van der Waals surface area contributed by atoms with Crippen molar-refractivity contribution in [3.8, 4) is 0 Å². The van der Waals surface area contributed by atoms with Crippen molar-refractivity contribution in [1.29, 1.82) is 0 Å². The van der Waals surface area contributed by atoms with Gasteiger partial charge in [0.1, 0.15) is 9.84 Å². The van der Waals surface area contributed by atoms with Gasteiger partial charge >= 0.3 is 5.97 Å². The molecule has 1 aliphatic carbocycles. The first-order valence-electron chi connectivity index (χ1n) is 6.40. The summed E-state index contributed by atoms with van der Waals surface area (Å²) in [5.74, 6) is 0.236. The Bertz CT molecular complexity index is 389. The summed E-state index contributed by atoms with van der Waals surface area (Å²) in [7, 11) is -1.62. The molecular formula is C12H23NO4S. The first-order chi connectivity index (χ1) is 8.41. The molecule has 1 unspecified atom stereocenters. The van der Waals surface area contributed by atoms with Crippen LogP contribution < -0.4 is 5.73 Å². The Morgan fingerprint density at radius 3 is 2.44 bits per heavy atom. The molecule has 0 aliphatic heterocycles. The minimum Gasteiger partial charge on any atom is -0.469 e. The lowest BCUT2D eigenvalue weighted by Gasteiger charge is -2.29. The fraction of sp³-hybridized carbons (Fsp3) is 0.917. The molecule has 1 atom stereocenters. The maximum absolute atomic E-state index is 11.9. The molecule has 1 aliphatic rings. The number of carbonyl (C=O) groups is 1. The molecule has 0 bridgehead atoms. The van der Waals surface area contributed by atoms with Gasteiger partial charge in [-0.05, 0) is 31.6 Å². The number of methoxy groups -OCH3 is 1. The van der Waals surface area contributed by atoms with Crippen molar-refractivity contribution in [1.82, 2.24) is 0 Å². The largest absolute Gasteiger partial charge is 0.469 e. The van der Waals surface area contributed by atoms with E-state index < -0.39 is 15.3 Å². The molecule has 0 amide bonds. The maximum atomic E-state index is 11.9. The van der Waals surface area contributed by atoms with Gasteiger partial charge < -0.3 is 10.5 Å². The minimum atomic E-state index is -2.98. The molecule has 106 valence electrons. The third-order valence-corrected chi connectivity index (χ3v) is 5.62. The van der Waals surface area contributed by atoms with Crippen molar-refractivity contribution in [2.45, 2.75) is 32.6 Å². The number of carbonyl (C=O) groups excluding carboxylic acids is 1. The van der Waals surface area contributed by atoms with Crippen LogP contribution in [-0.4, -0.2) is 39.5 Å². The van der Waals surface area contributed by atoms with Crippen molar-refractivity contribution < 1.29 is 17.9 Å². The van der Waals surface area contributed by atoms with Gasteiger partial charge in [-0.25, -0.2) is 8.42 Å². The molecule has 0 radical (unpaired) electrons. The van der Waals surface area contributed by atoms with Gasteiger partial charge in [0.05, 0.1) is 18.3 Å². The lowest BCUT2D eigenvalue weighted by molar-refractivity contribution is -0.154. The van der Waals surface area contributed by atoms with Crippen molar-refractivity contribution in [3.63, 3.8) is 0 Å². The van der Waals surface area contributed by atoms with Crippen molar-refractivity contribution in [2.75, 3.05) is 25.2 Å². The SMILES string of the molecule is CCS(=O)(=O)CCCC(CN)(C(=O)OC)C1CC1. The lowest BCUT2D eigenvalue weighted by Crippen LogP contribution is -2.42. The van der Waals surface area contributed by atoms with Crippen LogP contribution in [0.5, 0.6) is 0 Å². The zero-order chi connectivity index (χ0) is 13.8. The van der Waals surface area contributed by atoms with E-state index in [1.165, 1.54) is 7.11 Å². The molecule has 0 spiro atoms. The monoisotopic (exact) mass is 277 g/mol. The fourth-order valence-corrected chi connectivity index (χ4v) is 3.29. The molecule has 0 aromatic heterocycles. The zero-order valence-corrected chi connectivity index (χ0v) is 12.0. The summed E-state index contributed by atoms with van der Waals surface area (Å²) in [6.07, 6.45) is 2.93. The second kappa shape index (κ2) is 6.02. The molecular weight excluding hydrogens is 254 g/mol. The quantitative estimate of drug-likeness (QED) is 0.661. The third-order valence-electron chi connectivity index (χ3n) is 3.83. The molecule has 5 nitrogen and oxygen atoms in total. The van der Waals surface area contributed by atoms with Gasteiger partial charge in [0.25, 0.3) is 0 Å². The van der Waals surface area contributed by atoms with E-state index in [-0.39, 0.29) is 29.9 Å². The van der Waals surface area contributed by atoms with Gasteiger partial charge in [0.15, 0.2) is 0 Å². The Morgan fingerprint density at radius 1 is 1.44 bits per heavy atom. The highest BCUT2D eigenvalue weighted by Gasteiger charge is 2.50. The predicted molar refractivity (Wildman–Crippen MR) is 69.8 cm³/mol. The lowest BCUT2D eigenvalue weighted by atomic mass is 9.78. The highest BCUT2D eigenvalue weighted by molar-refractivity contribution is 7.91. The van der Waals surface area contributed by atoms with E-state index in [0.717, 1.165) is 12.8 Å². The van der Waals surface area contributed by atoms with E-state index in [4.69, 9.17) is 10.5 Å². The maximum Gasteiger partial charge on any atom is 0.313 e.